The number of hydrogen-bond acceptors (Lipinski definition) is 6. The molecule has 21 heavy (non-hydrogen) atoms. The van der Waals surface area contributed by atoms with Crippen molar-refractivity contribution in [1.29, 1.82) is 0 Å². The molecule has 0 saturated heterocycles. The van der Waals surface area contributed by atoms with Crippen molar-refractivity contribution >= 4 is 11.5 Å². The summed E-state index contributed by atoms with van der Waals surface area (Å²) in [5, 5.41) is 4.22. The van der Waals surface area contributed by atoms with E-state index >= 15 is 0 Å². The standard InChI is InChI=1S/C15H22N4OS/c1-4-9-20-12-7-5-11(6-8-12)14(17-16)15-13(10(2)3)18-19-21-15/h5-8,10,14,17H,4,9,16H2,1-3H3. The largest absolute Gasteiger partial charge is 0.494 e. The molecule has 0 radical (unpaired) electrons. The van der Waals surface area contributed by atoms with E-state index in [0.717, 1.165) is 34.9 Å². The number of nitrogens with one attached hydrogen (secondary N) is 1. The molecule has 6 heteroatoms. The summed E-state index contributed by atoms with van der Waals surface area (Å²) < 4.78 is 9.67. The van der Waals surface area contributed by atoms with Gasteiger partial charge in [0.2, 0.25) is 0 Å². The molecule has 3 N–H and O–H groups in total. The molecule has 1 aromatic heterocycles. The van der Waals surface area contributed by atoms with E-state index in [1.54, 1.807) is 0 Å². The fourth-order valence-corrected chi connectivity index (χ4v) is 3.00. The number of hydrazine groups is 1. The zero-order valence-electron chi connectivity index (χ0n) is 12.7. The molecule has 0 amide bonds. The molecule has 1 atom stereocenters. The Bertz CT molecular complexity index is 553. The lowest BCUT2D eigenvalue weighted by atomic mass is 10.0. The molecular weight excluding hydrogens is 284 g/mol. The van der Waals surface area contributed by atoms with E-state index in [1.165, 1.54) is 11.5 Å². The summed E-state index contributed by atoms with van der Waals surface area (Å²) in [7, 11) is 0. The number of nitrogens with two attached hydrogens (primary N) is 1. The SMILES string of the molecule is CCCOc1ccc(C(NN)c2snnc2C(C)C)cc1. The Morgan fingerprint density at radius 3 is 2.57 bits per heavy atom. The van der Waals surface area contributed by atoms with Crippen LogP contribution >= 0.6 is 11.5 Å². The van der Waals surface area contributed by atoms with Crippen LogP contribution in [0, 0.1) is 0 Å². The molecule has 0 aliphatic heterocycles. The van der Waals surface area contributed by atoms with E-state index < -0.39 is 0 Å². The normalized spacial score (nSPS) is 12.6. The van der Waals surface area contributed by atoms with Gasteiger partial charge in [-0.1, -0.05) is 37.4 Å². The number of aromatic nitrogens is 2. The zero-order chi connectivity index (χ0) is 15.2. The monoisotopic (exact) mass is 306 g/mol. The van der Waals surface area contributed by atoms with Crippen LogP contribution in [0.15, 0.2) is 24.3 Å². The molecule has 5 nitrogen and oxygen atoms in total. The lowest BCUT2D eigenvalue weighted by Crippen LogP contribution is -2.29. The van der Waals surface area contributed by atoms with E-state index in [2.05, 4.69) is 35.8 Å². The Labute approximate surface area is 129 Å². The molecular formula is C15H22N4OS. The third kappa shape index (κ3) is 3.78. The maximum Gasteiger partial charge on any atom is 0.119 e. The zero-order valence-corrected chi connectivity index (χ0v) is 13.5. The van der Waals surface area contributed by atoms with Crippen LogP contribution in [-0.4, -0.2) is 16.2 Å². The van der Waals surface area contributed by atoms with Gasteiger partial charge in [-0.25, -0.2) is 5.43 Å². The highest BCUT2D eigenvalue weighted by Gasteiger charge is 2.21. The maximum absolute atomic E-state index is 5.75. The second-order valence-electron chi connectivity index (χ2n) is 5.19. The van der Waals surface area contributed by atoms with E-state index in [1.807, 2.05) is 24.3 Å². The summed E-state index contributed by atoms with van der Waals surface area (Å²) in [6, 6.07) is 7.90. The van der Waals surface area contributed by atoms with Crippen molar-refractivity contribution in [2.45, 2.75) is 39.2 Å². The molecule has 0 aliphatic carbocycles. The van der Waals surface area contributed by atoms with Gasteiger partial charge in [-0.2, -0.15) is 0 Å². The van der Waals surface area contributed by atoms with Gasteiger partial charge in [0.15, 0.2) is 0 Å². The van der Waals surface area contributed by atoms with E-state index in [9.17, 15) is 0 Å². The summed E-state index contributed by atoms with van der Waals surface area (Å²) >= 11 is 1.39. The molecule has 0 spiro atoms. The van der Waals surface area contributed by atoms with Gasteiger partial charge in [-0.05, 0) is 41.6 Å². The fourth-order valence-electron chi connectivity index (χ4n) is 2.10. The smallest absolute Gasteiger partial charge is 0.119 e. The summed E-state index contributed by atoms with van der Waals surface area (Å²) in [5.74, 6) is 6.95. The molecule has 114 valence electrons. The highest BCUT2D eigenvalue weighted by Crippen LogP contribution is 2.31. The third-order valence-corrected chi connectivity index (χ3v) is 4.01. The van der Waals surface area contributed by atoms with Crippen LogP contribution in [0.5, 0.6) is 5.75 Å². The Kier molecular flexibility index (Phi) is 5.67. The maximum atomic E-state index is 5.75. The van der Waals surface area contributed by atoms with E-state index in [0.29, 0.717) is 5.92 Å². The Morgan fingerprint density at radius 2 is 2.00 bits per heavy atom. The predicted molar refractivity (Wildman–Crippen MR) is 85.4 cm³/mol. The number of nitrogens with zero attached hydrogens (tertiary/aromatic N) is 2. The van der Waals surface area contributed by atoms with Crippen molar-refractivity contribution in [3.8, 4) is 5.75 Å². The molecule has 2 rings (SSSR count). The minimum atomic E-state index is -0.0948. The molecule has 0 aliphatic rings. The predicted octanol–water partition coefficient (Wildman–Crippen LogP) is 3.00. The average Bonchev–Trinajstić information content (AvgIpc) is 2.97. The molecule has 1 heterocycles. The highest BCUT2D eigenvalue weighted by atomic mass is 32.1. The van der Waals surface area contributed by atoms with E-state index in [-0.39, 0.29) is 6.04 Å². The van der Waals surface area contributed by atoms with Crippen molar-refractivity contribution in [1.82, 2.24) is 15.0 Å². The van der Waals surface area contributed by atoms with Gasteiger partial charge in [0.05, 0.1) is 23.2 Å². The minimum Gasteiger partial charge on any atom is -0.494 e. The molecule has 1 aromatic carbocycles. The lowest BCUT2D eigenvalue weighted by Gasteiger charge is -2.17. The first-order chi connectivity index (χ1) is 10.2. The summed E-state index contributed by atoms with van der Waals surface area (Å²) in [5.41, 5.74) is 4.94. The van der Waals surface area contributed by atoms with Crippen LogP contribution in [0.4, 0.5) is 0 Å². The van der Waals surface area contributed by atoms with Crippen molar-refractivity contribution < 1.29 is 4.74 Å². The topological polar surface area (TPSA) is 73.1 Å². The summed E-state index contributed by atoms with van der Waals surface area (Å²) in [4.78, 5) is 1.06. The summed E-state index contributed by atoms with van der Waals surface area (Å²) in [6.07, 6.45) is 0.999. The second kappa shape index (κ2) is 7.49. The second-order valence-corrected chi connectivity index (χ2v) is 5.98. The Hall–Kier alpha value is -1.50. The number of hydrogen-bond donors (Lipinski definition) is 2. The fraction of sp³-hybridized carbons (Fsp3) is 0.467. The van der Waals surface area contributed by atoms with Crippen LogP contribution in [0.3, 0.4) is 0 Å². The van der Waals surface area contributed by atoms with Crippen LogP contribution in [0.25, 0.3) is 0 Å². The van der Waals surface area contributed by atoms with Crippen LogP contribution in [0.1, 0.15) is 55.3 Å². The molecule has 2 aromatic rings. The van der Waals surface area contributed by atoms with Gasteiger partial charge in [0, 0.05) is 0 Å². The van der Waals surface area contributed by atoms with Crippen LogP contribution in [-0.2, 0) is 0 Å². The first kappa shape index (κ1) is 15.9. The van der Waals surface area contributed by atoms with Crippen LogP contribution < -0.4 is 16.0 Å². The summed E-state index contributed by atoms with van der Waals surface area (Å²) in [6.45, 7) is 7.03. The van der Waals surface area contributed by atoms with Crippen molar-refractivity contribution in [3.05, 3.63) is 40.4 Å². The quantitative estimate of drug-likeness (QED) is 0.607. The highest BCUT2D eigenvalue weighted by molar-refractivity contribution is 7.05. The Morgan fingerprint density at radius 1 is 1.29 bits per heavy atom. The minimum absolute atomic E-state index is 0.0948. The van der Waals surface area contributed by atoms with Gasteiger partial charge in [-0.3, -0.25) is 5.84 Å². The molecule has 0 bridgehead atoms. The third-order valence-electron chi connectivity index (χ3n) is 3.20. The number of ether oxygens (including phenoxy) is 1. The molecule has 0 fully saturated rings. The van der Waals surface area contributed by atoms with Crippen molar-refractivity contribution in [2.75, 3.05) is 6.61 Å². The first-order valence-corrected chi connectivity index (χ1v) is 7.95. The van der Waals surface area contributed by atoms with Gasteiger partial charge >= 0.3 is 0 Å². The van der Waals surface area contributed by atoms with Gasteiger partial charge in [-0.15, -0.1) is 5.10 Å². The van der Waals surface area contributed by atoms with Gasteiger partial charge in [0.1, 0.15) is 5.75 Å². The molecule has 1 unspecified atom stereocenters. The molecule has 0 saturated carbocycles. The van der Waals surface area contributed by atoms with Crippen LogP contribution in [0.2, 0.25) is 0 Å². The first-order valence-electron chi connectivity index (χ1n) is 7.18. The van der Waals surface area contributed by atoms with Gasteiger partial charge < -0.3 is 4.74 Å². The number of rotatable bonds is 7. The van der Waals surface area contributed by atoms with Crippen molar-refractivity contribution in [3.63, 3.8) is 0 Å². The van der Waals surface area contributed by atoms with Gasteiger partial charge in [0.25, 0.3) is 0 Å². The average molecular weight is 306 g/mol. The van der Waals surface area contributed by atoms with E-state index in [4.69, 9.17) is 10.6 Å². The number of benzene rings is 1. The Balaban J connectivity index is 2.23. The van der Waals surface area contributed by atoms with Crippen molar-refractivity contribution in [2.24, 2.45) is 5.84 Å². The lowest BCUT2D eigenvalue weighted by molar-refractivity contribution is 0.317.